The zero-order valence-corrected chi connectivity index (χ0v) is 12.4. The van der Waals surface area contributed by atoms with Crippen LogP contribution in [0.1, 0.15) is 44.9 Å². The molecule has 2 fully saturated rings. The lowest BCUT2D eigenvalue weighted by atomic mass is 9.67. The normalized spacial score (nSPS) is 35.9. The molecule has 2 rings (SSSR count). The molecule has 1 saturated heterocycles. The van der Waals surface area contributed by atoms with Gasteiger partial charge in [0.05, 0.1) is 7.85 Å². The van der Waals surface area contributed by atoms with Gasteiger partial charge in [-0.15, -0.1) is 0 Å². The van der Waals surface area contributed by atoms with Crippen LogP contribution >= 0.6 is 0 Å². The van der Waals surface area contributed by atoms with Crippen LogP contribution in [0.25, 0.3) is 0 Å². The van der Waals surface area contributed by atoms with Gasteiger partial charge < -0.3 is 15.7 Å². The molecule has 3 atom stereocenters. The predicted octanol–water partition coefficient (Wildman–Crippen LogP) is 1.65. The number of carbonyl (C=O) groups is 1. The zero-order valence-electron chi connectivity index (χ0n) is 12.4. The number of nitrogens with two attached hydrogens (primary N) is 1. The van der Waals surface area contributed by atoms with Gasteiger partial charge in [-0.3, -0.25) is 4.79 Å². The third-order valence-corrected chi connectivity index (χ3v) is 5.18. The highest BCUT2D eigenvalue weighted by atomic mass is 16.4. The number of hydrogen-bond acceptors (Lipinski definition) is 3. The average Bonchev–Trinajstić information content (AvgIpc) is 2.43. The summed E-state index contributed by atoms with van der Waals surface area (Å²) in [5.41, 5.74) is 5.26. The quantitative estimate of drug-likeness (QED) is 0.750. The Morgan fingerprint density at radius 2 is 2.00 bits per heavy atom. The third kappa shape index (κ3) is 3.56. The SMILES string of the molecule is [B]CC[C@@H]1CC[C@@H](CN2CCCCC2)[C@@](N)(C(=O)O)C1. The minimum atomic E-state index is -1.06. The topological polar surface area (TPSA) is 66.6 Å². The molecule has 5 heteroatoms. The maximum Gasteiger partial charge on any atom is 0.324 e. The van der Waals surface area contributed by atoms with Crippen LogP contribution in [0.2, 0.25) is 6.32 Å². The van der Waals surface area contributed by atoms with E-state index in [0.717, 1.165) is 38.9 Å². The summed E-state index contributed by atoms with van der Waals surface area (Å²) >= 11 is 0. The van der Waals surface area contributed by atoms with Crippen molar-refractivity contribution in [2.45, 2.75) is 56.8 Å². The van der Waals surface area contributed by atoms with Crippen molar-refractivity contribution in [1.82, 2.24) is 4.90 Å². The molecule has 0 aromatic heterocycles. The molecule has 2 radical (unpaired) electrons. The van der Waals surface area contributed by atoms with E-state index in [0.29, 0.717) is 18.7 Å². The molecule has 4 nitrogen and oxygen atoms in total. The van der Waals surface area contributed by atoms with Gasteiger partial charge in [-0.05, 0) is 51.1 Å². The van der Waals surface area contributed by atoms with Gasteiger partial charge in [0.25, 0.3) is 0 Å². The molecule has 0 amide bonds. The van der Waals surface area contributed by atoms with Gasteiger partial charge in [0.2, 0.25) is 0 Å². The van der Waals surface area contributed by atoms with Crippen LogP contribution in [0.4, 0.5) is 0 Å². The Bertz CT molecular complexity index is 334. The molecule has 20 heavy (non-hydrogen) atoms. The van der Waals surface area contributed by atoms with Crippen molar-refractivity contribution < 1.29 is 9.90 Å². The number of carboxylic acids is 1. The Morgan fingerprint density at radius 1 is 1.30 bits per heavy atom. The summed E-state index contributed by atoms with van der Waals surface area (Å²) in [4.78, 5) is 14.1. The number of aliphatic carboxylic acids is 1. The fraction of sp³-hybridized carbons (Fsp3) is 0.933. The van der Waals surface area contributed by atoms with Gasteiger partial charge in [0, 0.05) is 12.5 Å². The van der Waals surface area contributed by atoms with E-state index in [1.165, 1.54) is 19.3 Å². The maximum atomic E-state index is 11.7. The van der Waals surface area contributed by atoms with Gasteiger partial charge >= 0.3 is 5.97 Å². The van der Waals surface area contributed by atoms with E-state index in [4.69, 9.17) is 13.6 Å². The molecule has 2 aliphatic rings. The van der Waals surface area contributed by atoms with Crippen LogP contribution in [-0.2, 0) is 4.79 Å². The molecular weight excluding hydrogens is 251 g/mol. The molecule has 3 N–H and O–H groups in total. The van der Waals surface area contributed by atoms with Crippen molar-refractivity contribution >= 4 is 13.8 Å². The van der Waals surface area contributed by atoms with E-state index in [9.17, 15) is 9.90 Å². The molecule has 0 aromatic carbocycles. The largest absolute Gasteiger partial charge is 0.480 e. The van der Waals surface area contributed by atoms with Crippen molar-refractivity contribution in [2.24, 2.45) is 17.6 Å². The Morgan fingerprint density at radius 3 is 2.60 bits per heavy atom. The minimum Gasteiger partial charge on any atom is -0.480 e. The summed E-state index contributed by atoms with van der Waals surface area (Å²) in [5, 5.41) is 9.61. The van der Waals surface area contributed by atoms with Crippen molar-refractivity contribution in [3.8, 4) is 0 Å². The predicted molar refractivity (Wildman–Crippen MR) is 80.9 cm³/mol. The number of piperidine rings is 1. The van der Waals surface area contributed by atoms with E-state index < -0.39 is 11.5 Å². The summed E-state index contributed by atoms with van der Waals surface area (Å²) in [7, 11) is 5.61. The smallest absolute Gasteiger partial charge is 0.324 e. The number of rotatable bonds is 5. The fourth-order valence-corrected chi connectivity index (χ4v) is 3.89. The fourth-order valence-electron chi connectivity index (χ4n) is 3.89. The highest BCUT2D eigenvalue weighted by molar-refractivity contribution is 6.08. The first kappa shape index (κ1) is 15.8. The Kier molecular flexibility index (Phi) is 5.50. The molecule has 1 aliphatic carbocycles. The molecule has 112 valence electrons. The molecule has 0 spiro atoms. The van der Waals surface area contributed by atoms with Gasteiger partial charge in [-0.25, -0.2) is 0 Å². The number of nitrogens with zero attached hydrogens (tertiary/aromatic N) is 1. The lowest BCUT2D eigenvalue weighted by Gasteiger charge is -2.44. The monoisotopic (exact) mass is 278 g/mol. The lowest BCUT2D eigenvalue weighted by Crippen LogP contribution is -2.60. The van der Waals surface area contributed by atoms with E-state index in [2.05, 4.69) is 4.90 Å². The second-order valence-electron chi connectivity index (χ2n) is 6.63. The van der Waals surface area contributed by atoms with Crippen molar-refractivity contribution in [1.29, 1.82) is 0 Å². The first-order chi connectivity index (χ1) is 9.56. The standard InChI is InChI=1S/C15H27BN2O2/c16-7-6-12-4-5-13(15(17,10-12)14(19)20)11-18-8-2-1-3-9-18/h12-13H,1-11,17H2,(H,19,20)/t12-,13-,15+/m0/s1. The highest BCUT2D eigenvalue weighted by Gasteiger charge is 2.47. The first-order valence-electron chi connectivity index (χ1n) is 8.01. The summed E-state index contributed by atoms with van der Waals surface area (Å²) in [6, 6.07) is 0. The van der Waals surface area contributed by atoms with Crippen LogP contribution in [0.5, 0.6) is 0 Å². The number of hydrogen-bond donors (Lipinski definition) is 2. The van der Waals surface area contributed by atoms with E-state index in [-0.39, 0.29) is 5.92 Å². The van der Waals surface area contributed by atoms with Crippen LogP contribution < -0.4 is 5.73 Å². The van der Waals surface area contributed by atoms with Gasteiger partial charge in [0.1, 0.15) is 5.54 Å². The highest BCUT2D eigenvalue weighted by Crippen LogP contribution is 2.38. The summed E-state index contributed by atoms with van der Waals surface area (Å²) in [6.45, 7) is 3.04. The Hall–Kier alpha value is -0.545. The van der Waals surface area contributed by atoms with Gasteiger partial charge in [0.15, 0.2) is 0 Å². The van der Waals surface area contributed by atoms with Crippen LogP contribution in [0.15, 0.2) is 0 Å². The molecule has 0 bridgehead atoms. The van der Waals surface area contributed by atoms with Gasteiger partial charge in [-0.1, -0.05) is 19.2 Å². The Balaban J connectivity index is 2.00. The minimum absolute atomic E-state index is 0.0760. The average molecular weight is 278 g/mol. The van der Waals surface area contributed by atoms with Crippen LogP contribution in [0, 0.1) is 11.8 Å². The maximum absolute atomic E-state index is 11.7. The summed E-state index contributed by atoms with van der Waals surface area (Å²) in [6.07, 6.45) is 7.84. The molecule has 0 aromatic rings. The molecular formula is C15H27BN2O2. The van der Waals surface area contributed by atoms with Gasteiger partial charge in [-0.2, -0.15) is 0 Å². The van der Waals surface area contributed by atoms with E-state index in [1.54, 1.807) is 0 Å². The molecule has 1 aliphatic heterocycles. The Labute approximate surface area is 123 Å². The third-order valence-electron chi connectivity index (χ3n) is 5.18. The van der Waals surface area contributed by atoms with Crippen molar-refractivity contribution in [2.75, 3.05) is 19.6 Å². The van der Waals surface area contributed by atoms with E-state index in [1.807, 2.05) is 0 Å². The molecule has 0 unspecified atom stereocenters. The van der Waals surface area contributed by atoms with Crippen molar-refractivity contribution in [3.05, 3.63) is 0 Å². The molecule has 1 saturated carbocycles. The molecule has 1 heterocycles. The van der Waals surface area contributed by atoms with Crippen LogP contribution in [0.3, 0.4) is 0 Å². The second kappa shape index (κ2) is 6.94. The number of likely N-dealkylation sites (tertiary alicyclic amines) is 1. The number of carboxylic acid groups (broad SMARTS) is 1. The van der Waals surface area contributed by atoms with E-state index >= 15 is 0 Å². The van der Waals surface area contributed by atoms with Crippen molar-refractivity contribution in [3.63, 3.8) is 0 Å². The zero-order chi connectivity index (χ0) is 14.6. The second-order valence-corrected chi connectivity index (χ2v) is 6.63. The summed E-state index contributed by atoms with van der Waals surface area (Å²) in [5.74, 6) is -0.382. The van der Waals surface area contributed by atoms with Crippen LogP contribution in [-0.4, -0.2) is 49.0 Å². The summed E-state index contributed by atoms with van der Waals surface area (Å²) < 4.78 is 0. The lowest BCUT2D eigenvalue weighted by molar-refractivity contribution is -0.148. The first-order valence-corrected chi connectivity index (χ1v) is 8.01.